The van der Waals surface area contributed by atoms with Crippen LogP contribution in [0.4, 0.5) is 0 Å². The average molecular weight is 273 g/mol. The number of ether oxygens (including phenoxy) is 1. The first-order chi connectivity index (χ1) is 9.72. The minimum Gasteiger partial charge on any atom is -0.468 e. The Balaban J connectivity index is 1.99. The number of benzene rings is 1. The molecule has 1 N–H and O–H groups in total. The maximum atomic E-state index is 11.9. The fourth-order valence-electron chi connectivity index (χ4n) is 2.07. The van der Waals surface area contributed by atoms with Crippen LogP contribution >= 0.6 is 0 Å². The fourth-order valence-corrected chi connectivity index (χ4v) is 2.07. The van der Waals surface area contributed by atoms with Gasteiger partial charge in [-0.2, -0.15) is 0 Å². The molecule has 0 spiro atoms. The third kappa shape index (κ3) is 3.45. The third-order valence-corrected chi connectivity index (χ3v) is 3.19. The second-order valence-electron chi connectivity index (χ2n) is 4.53. The van der Waals surface area contributed by atoms with Crippen LogP contribution in [0.15, 0.2) is 42.7 Å². The molecule has 5 heteroatoms. The van der Waals surface area contributed by atoms with Crippen LogP contribution in [0, 0.1) is 0 Å². The van der Waals surface area contributed by atoms with Crippen LogP contribution in [0.1, 0.15) is 17.4 Å². The summed E-state index contributed by atoms with van der Waals surface area (Å²) in [6.45, 7) is 0.652. The van der Waals surface area contributed by atoms with E-state index < -0.39 is 6.04 Å². The van der Waals surface area contributed by atoms with Crippen molar-refractivity contribution in [2.45, 2.75) is 12.5 Å². The van der Waals surface area contributed by atoms with Crippen LogP contribution in [0.2, 0.25) is 0 Å². The number of carbonyl (C=O) groups is 1. The zero-order chi connectivity index (χ0) is 14.4. The Morgan fingerprint density at radius 2 is 2.15 bits per heavy atom. The third-order valence-electron chi connectivity index (χ3n) is 3.19. The van der Waals surface area contributed by atoms with E-state index in [0.29, 0.717) is 6.54 Å². The molecule has 2 aromatic rings. The van der Waals surface area contributed by atoms with E-state index in [9.17, 15) is 4.79 Å². The predicted octanol–water partition coefficient (Wildman–Crippen LogP) is 1.47. The van der Waals surface area contributed by atoms with Crippen molar-refractivity contribution >= 4 is 5.97 Å². The molecule has 0 bridgehead atoms. The van der Waals surface area contributed by atoms with Gasteiger partial charge >= 0.3 is 5.97 Å². The summed E-state index contributed by atoms with van der Waals surface area (Å²) in [6, 6.07) is 9.12. The van der Waals surface area contributed by atoms with E-state index in [0.717, 1.165) is 17.8 Å². The summed E-state index contributed by atoms with van der Waals surface area (Å²) in [5.41, 5.74) is 0.902. The van der Waals surface area contributed by atoms with E-state index in [4.69, 9.17) is 4.74 Å². The van der Waals surface area contributed by atoms with Gasteiger partial charge < -0.3 is 14.6 Å². The molecule has 5 nitrogen and oxygen atoms in total. The quantitative estimate of drug-likeness (QED) is 0.810. The fraction of sp³-hybridized carbons (Fsp3) is 0.333. The van der Waals surface area contributed by atoms with Crippen LogP contribution < -0.4 is 5.32 Å². The molecule has 1 aromatic heterocycles. The molecule has 20 heavy (non-hydrogen) atoms. The van der Waals surface area contributed by atoms with Gasteiger partial charge in [0.25, 0.3) is 0 Å². The Bertz CT molecular complexity index is 551. The molecule has 0 aliphatic carbocycles. The molecule has 1 aromatic carbocycles. The second kappa shape index (κ2) is 6.86. The standard InChI is InChI=1S/C15H19N3O2/c1-18-11-10-16-13(18)8-9-17-14(15(19)20-2)12-6-4-3-5-7-12/h3-7,10-11,14,17H,8-9H2,1-2H3. The van der Waals surface area contributed by atoms with Crippen LogP contribution in [-0.2, 0) is 23.0 Å². The van der Waals surface area contributed by atoms with Crippen molar-refractivity contribution in [3.05, 3.63) is 54.1 Å². The Morgan fingerprint density at radius 1 is 1.40 bits per heavy atom. The summed E-state index contributed by atoms with van der Waals surface area (Å²) < 4.78 is 6.83. The number of carbonyl (C=O) groups excluding carboxylic acids is 1. The number of esters is 1. The van der Waals surface area contributed by atoms with Gasteiger partial charge in [-0.15, -0.1) is 0 Å². The number of nitrogens with zero attached hydrogens (tertiary/aromatic N) is 2. The molecule has 0 radical (unpaired) electrons. The normalized spacial score (nSPS) is 12.1. The molecule has 106 valence electrons. The van der Waals surface area contributed by atoms with E-state index in [2.05, 4.69) is 10.3 Å². The highest BCUT2D eigenvalue weighted by molar-refractivity contribution is 5.77. The minimum atomic E-state index is -0.443. The lowest BCUT2D eigenvalue weighted by molar-refractivity contribution is -0.143. The lowest BCUT2D eigenvalue weighted by atomic mass is 10.1. The maximum absolute atomic E-state index is 11.9. The monoisotopic (exact) mass is 273 g/mol. The van der Waals surface area contributed by atoms with Crippen molar-refractivity contribution in [2.75, 3.05) is 13.7 Å². The number of hydrogen-bond donors (Lipinski definition) is 1. The largest absolute Gasteiger partial charge is 0.468 e. The lowest BCUT2D eigenvalue weighted by Gasteiger charge is -2.16. The van der Waals surface area contributed by atoms with Crippen molar-refractivity contribution in [1.82, 2.24) is 14.9 Å². The van der Waals surface area contributed by atoms with E-state index >= 15 is 0 Å². The summed E-state index contributed by atoms with van der Waals surface area (Å²) in [7, 11) is 3.36. The zero-order valence-electron chi connectivity index (χ0n) is 11.7. The molecule has 2 rings (SSSR count). The molecule has 1 unspecified atom stereocenters. The van der Waals surface area contributed by atoms with Gasteiger partial charge in [-0.1, -0.05) is 30.3 Å². The summed E-state index contributed by atoms with van der Waals surface area (Å²) in [4.78, 5) is 16.1. The van der Waals surface area contributed by atoms with E-state index in [1.807, 2.05) is 48.1 Å². The van der Waals surface area contributed by atoms with E-state index in [-0.39, 0.29) is 5.97 Å². The van der Waals surface area contributed by atoms with Crippen LogP contribution in [-0.4, -0.2) is 29.2 Å². The highest BCUT2D eigenvalue weighted by Gasteiger charge is 2.20. The number of aromatic nitrogens is 2. The van der Waals surface area contributed by atoms with Gasteiger partial charge in [-0.05, 0) is 5.56 Å². The van der Waals surface area contributed by atoms with Crippen molar-refractivity contribution in [3.8, 4) is 0 Å². The van der Waals surface area contributed by atoms with Gasteiger partial charge in [-0.3, -0.25) is 0 Å². The summed E-state index contributed by atoms with van der Waals surface area (Å²) in [5, 5.41) is 3.22. The van der Waals surface area contributed by atoms with Crippen molar-refractivity contribution in [3.63, 3.8) is 0 Å². The van der Waals surface area contributed by atoms with Gasteiger partial charge in [0.2, 0.25) is 0 Å². The number of hydrogen-bond acceptors (Lipinski definition) is 4. The number of rotatable bonds is 6. The first kappa shape index (κ1) is 14.3. The van der Waals surface area contributed by atoms with Crippen LogP contribution in [0.3, 0.4) is 0 Å². The first-order valence-electron chi connectivity index (χ1n) is 6.54. The van der Waals surface area contributed by atoms with E-state index in [1.54, 1.807) is 6.20 Å². The van der Waals surface area contributed by atoms with Gasteiger partial charge in [0.05, 0.1) is 7.11 Å². The number of imidazole rings is 1. The Morgan fingerprint density at radius 3 is 2.75 bits per heavy atom. The lowest BCUT2D eigenvalue weighted by Crippen LogP contribution is -2.31. The molecule has 0 saturated heterocycles. The highest BCUT2D eigenvalue weighted by Crippen LogP contribution is 2.14. The Labute approximate surface area is 118 Å². The average Bonchev–Trinajstić information content (AvgIpc) is 2.89. The maximum Gasteiger partial charge on any atom is 0.327 e. The molecule has 0 fully saturated rings. The number of nitrogens with one attached hydrogen (secondary N) is 1. The molecule has 0 amide bonds. The second-order valence-corrected chi connectivity index (χ2v) is 4.53. The van der Waals surface area contributed by atoms with Crippen LogP contribution in [0.25, 0.3) is 0 Å². The predicted molar refractivity (Wildman–Crippen MR) is 76.1 cm³/mol. The van der Waals surface area contributed by atoms with E-state index in [1.165, 1.54) is 7.11 Å². The highest BCUT2D eigenvalue weighted by atomic mass is 16.5. The molecule has 1 heterocycles. The Hall–Kier alpha value is -2.14. The molecule has 1 atom stereocenters. The Kier molecular flexibility index (Phi) is 4.90. The molecular weight excluding hydrogens is 254 g/mol. The van der Waals surface area contributed by atoms with Gasteiger partial charge in [-0.25, -0.2) is 9.78 Å². The van der Waals surface area contributed by atoms with Crippen molar-refractivity contribution in [1.29, 1.82) is 0 Å². The van der Waals surface area contributed by atoms with Crippen LogP contribution in [0.5, 0.6) is 0 Å². The number of aryl methyl sites for hydroxylation is 1. The topological polar surface area (TPSA) is 56.1 Å². The van der Waals surface area contributed by atoms with Crippen molar-refractivity contribution in [2.24, 2.45) is 7.05 Å². The molecule has 0 saturated carbocycles. The molecule has 0 aliphatic heterocycles. The molecular formula is C15H19N3O2. The number of methoxy groups -OCH3 is 1. The van der Waals surface area contributed by atoms with Gasteiger partial charge in [0.15, 0.2) is 0 Å². The minimum absolute atomic E-state index is 0.281. The zero-order valence-corrected chi connectivity index (χ0v) is 11.7. The smallest absolute Gasteiger partial charge is 0.327 e. The summed E-state index contributed by atoms with van der Waals surface area (Å²) >= 11 is 0. The summed E-state index contributed by atoms with van der Waals surface area (Å²) in [5.74, 6) is 0.699. The summed E-state index contributed by atoms with van der Waals surface area (Å²) in [6.07, 6.45) is 4.43. The van der Waals surface area contributed by atoms with Gasteiger partial charge in [0, 0.05) is 32.4 Å². The SMILES string of the molecule is COC(=O)C(NCCc1nccn1C)c1ccccc1. The molecule has 0 aliphatic rings. The van der Waals surface area contributed by atoms with Gasteiger partial charge in [0.1, 0.15) is 11.9 Å². The van der Waals surface area contributed by atoms with Crippen molar-refractivity contribution < 1.29 is 9.53 Å². The first-order valence-corrected chi connectivity index (χ1v) is 6.54.